The van der Waals surface area contributed by atoms with E-state index < -0.39 is 26.2 Å². The molecule has 44 heavy (non-hydrogen) atoms. The highest BCUT2D eigenvalue weighted by Gasteiger charge is 2.39. The van der Waals surface area contributed by atoms with Crippen molar-refractivity contribution in [3.05, 3.63) is 11.6 Å². The standard InChI is InChI=1S/C13H24N4O3S.C12H21N3O5S3/c1-13(2,3)14-8-10(18)9-20-12-11(15-21-16-12)17-4-6-19-7-5-17;1-3-14-10-8-15(5-4-6-20-2)23(18,19)12-9(10)7-11(21-12)22(13,16)17/h10,14,18H,4-9H2,1-3H3;7,10,14H,3-6,8H2,1-2H3,(H2,13,16,17)/t2*10-/m00/s1. The van der Waals surface area contributed by atoms with Gasteiger partial charge in [0.15, 0.2) is 0 Å². The number of anilines is 1. The number of aliphatic hydroxyl groups is 1. The molecule has 2 aromatic heterocycles. The van der Waals surface area contributed by atoms with Crippen molar-refractivity contribution >= 4 is 48.9 Å². The average molecular weight is 700 g/mol. The second kappa shape index (κ2) is 16.3. The van der Waals surface area contributed by atoms with Gasteiger partial charge in [-0.25, -0.2) is 22.0 Å². The molecule has 0 radical (unpaired) electrons. The van der Waals surface area contributed by atoms with E-state index in [1.54, 1.807) is 7.11 Å². The molecule has 19 heteroatoms. The number of fused-ring (bicyclic) bond motifs is 1. The predicted molar refractivity (Wildman–Crippen MR) is 170 cm³/mol. The van der Waals surface area contributed by atoms with Gasteiger partial charge >= 0.3 is 0 Å². The van der Waals surface area contributed by atoms with Crippen molar-refractivity contribution in [3.63, 3.8) is 0 Å². The summed E-state index contributed by atoms with van der Waals surface area (Å²) in [6, 6.07) is 1.11. The summed E-state index contributed by atoms with van der Waals surface area (Å²) in [5.74, 6) is 1.25. The Morgan fingerprint density at radius 2 is 1.98 bits per heavy atom. The predicted octanol–water partition coefficient (Wildman–Crippen LogP) is 0.589. The van der Waals surface area contributed by atoms with Crippen LogP contribution >= 0.6 is 23.1 Å². The van der Waals surface area contributed by atoms with Gasteiger partial charge in [-0.3, -0.25) is 0 Å². The molecule has 1 saturated heterocycles. The summed E-state index contributed by atoms with van der Waals surface area (Å²) >= 11 is 1.83. The number of hydrogen-bond donors (Lipinski definition) is 4. The summed E-state index contributed by atoms with van der Waals surface area (Å²) < 4.78 is 74.2. The van der Waals surface area contributed by atoms with Crippen LogP contribution in [0.15, 0.2) is 14.5 Å². The third-order valence-electron chi connectivity index (χ3n) is 6.56. The molecular formula is C25H45N7O8S4. The summed E-state index contributed by atoms with van der Waals surface area (Å²) in [5.41, 5.74) is 0.450. The third-order valence-corrected chi connectivity index (χ3v) is 12.0. The molecule has 4 rings (SSSR count). The van der Waals surface area contributed by atoms with Gasteiger partial charge in [-0.15, -0.1) is 15.7 Å². The summed E-state index contributed by atoms with van der Waals surface area (Å²) in [6.07, 6.45) is -0.0133. The number of methoxy groups -OCH3 is 1. The molecule has 4 heterocycles. The van der Waals surface area contributed by atoms with Gasteiger partial charge in [-0.05, 0) is 39.8 Å². The average Bonchev–Trinajstić information content (AvgIpc) is 3.63. The SMILES string of the molecule is CC(C)(C)NC[C@H](O)COc1nsnc1N1CCOCC1.CCN[C@H]1CN(CCCOC)S(=O)(=O)c2sc(S(N)(=O)=O)cc21. The number of hydrogen-bond acceptors (Lipinski definition) is 15. The van der Waals surface area contributed by atoms with Gasteiger partial charge in [-0.2, -0.15) is 8.68 Å². The first-order chi connectivity index (χ1) is 20.7. The number of rotatable bonds is 13. The number of aliphatic hydroxyl groups excluding tert-OH is 1. The number of sulfonamides is 2. The van der Waals surface area contributed by atoms with Crippen molar-refractivity contribution in [2.24, 2.45) is 5.14 Å². The van der Waals surface area contributed by atoms with E-state index in [-0.39, 0.29) is 33.2 Å². The van der Waals surface area contributed by atoms with Crippen LogP contribution in [0.25, 0.3) is 0 Å². The van der Waals surface area contributed by atoms with Gasteiger partial charge in [0.25, 0.3) is 15.9 Å². The Morgan fingerprint density at radius 1 is 1.27 bits per heavy atom. The maximum Gasteiger partial charge on any atom is 0.270 e. The topological polar surface area (TPSA) is 199 Å². The Bertz CT molecular complexity index is 1390. The molecule has 0 bridgehead atoms. The van der Waals surface area contributed by atoms with Crippen LogP contribution in [0.1, 0.15) is 45.7 Å². The lowest BCUT2D eigenvalue weighted by molar-refractivity contribution is 0.0975. The number of thiophene rings is 1. The molecule has 2 aromatic rings. The first kappa shape index (κ1) is 36.9. The fourth-order valence-electron chi connectivity index (χ4n) is 4.38. The largest absolute Gasteiger partial charge is 0.472 e. The van der Waals surface area contributed by atoms with Crippen LogP contribution in [-0.4, -0.2) is 119 Å². The molecule has 2 atom stereocenters. The minimum Gasteiger partial charge on any atom is -0.472 e. The van der Waals surface area contributed by atoms with Crippen LogP contribution in [0, 0.1) is 0 Å². The molecule has 2 aliphatic rings. The highest BCUT2D eigenvalue weighted by Crippen LogP contribution is 2.39. The smallest absolute Gasteiger partial charge is 0.270 e. The fourth-order valence-corrected chi connectivity index (χ4v) is 9.21. The molecule has 5 N–H and O–H groups in total. The minimum absolute atomic E-state index is 0.0257. The molecule has 0 spiro atoms. The van der Waals surface area contributed by atoms with Crippen molar-refractivity contribution in [1.29, 1.82) is 0 Å². The number of nitrogens with one attached hydrogen (secondary N) is 2. The molecule has 0 aliphatic carbocycles. The zero-order valence-electron chi connectivity index (χ0n) is 25.8. The van der Waals surface area contributed by atoms with Crippen LogP contribution in [-0.2, 0) is 29.5 Å². The van der Waals surface area contributed by atoms with Crippen molar-refractivity contribution in [2.45, 2.75) is 60.2 Å². The molecule has 0 aromatic carbocycles. The van der Waals surface area contributed by atoms with Crippen molar-refractivity contribution in [1.82, 2.24) is 23.7 Å². The molecule has 15 nitrogen and oxygen atoms in total. The van der Waals surface area contributed by atoms with Crippen LogP contribution in [0.5, 0.6) is 5.88 Å². The fraction of sp³-hybridized carbons (Fsp3) is 0.760. The van der Waals surface area contributed by atoms with E-state index in [0.717, 1.165) is 30.6 Å². The zero-order chi connectivity index (χ0) is 32.5. The Hall–Kier alpha value is -1.52. The van der Waals surface area contributed by atoms with E-state index in [1.165, 1.54) is 10.4 Å². The molecule has 1 fully saturated rings. The number of morpholine rings is 1. The van der Waals surface area contributed by atoms with Crippen molar-refractivity contribution in [2.75, 3.05) is 77.7 Å². The first-order valence-corrected chi connectivity index (χ1v) is 18.8. The van der Waals surface area contributed by atoms with Gasteiger partial charge < -0.3 is 34.9 Å². The highest BCUT2D eigenvalue weighted by molar-refractivity contribution is 7.94. The lowest BCUT2D eigenvalue weighted by atomic mass is 10.1. The van der Waals surface area contributed by atoms with Crippen LogP contribution in [0.2, 0.25) is 0 Å². The van der Waals surface area contributed by atoms with Crippen LogP contribution in [0.3, 0.4) is 0 Å². The third kappa shape index (κ3) is 10.5. The van der Waals surface area contributed by atoms with E-state index >= 15 is 0 Å². The second-order valence-corrected chi connectivity index (χ2v) is 16.8. The van der Waals surface area contributed by atoms with Gasteiger partial charge in [0.1, 0.15) is 21.1 Å². The first-order valence-electron chi connectivity index (χ1n) is 14.3. The van der Waals surface area contributed by atoms with Crippen molar-refractivity contribution in [3.8, 4) is 5.88 Å². The number of primary sulfonamides is 1. The van der Waals surface area contributed by atoms with E-state index in [4.69, 9.17) is 19.3 Å². The maximum absolute atomic E-state index is 12.7. The minimum atomic E-state index is -3.94. The molecule has 0 amide bonds. The van der Waals surface area contributed by atoms with Gasteiger partial charge in [-0.1, -0.05) is 6.92 Å². The summed E-state index contributed by atoms with van der Waals surface area (Å²) in [4.78, 5) is 2.10. The number of nitrogens with zero attached hydrogens (tertiary/aromatic N) is 4. The number of nitrogens with two attached hydrogens (primary N) is 1. The Labute approximate surface area is 268 Å². The maximum atomic E-state index is 12.7. The molecule has 0 unspecified atom stereocenters. The molecular weight excluding hydrogens is 655 g/mol. The number of ether oxygens (including phenoxy) is 3. The van der Waals surface area contributed by atoms with Crippen molar-refractivity contribution < 1.29 is 36.2 Å². The summed E-state index contributed by atoms with van der Waals surface area (Å²) in [5, 5.41) is 21.5. The van der Waals surface area contributed by atoms with E-state index in [1.807, 2.05) is 6.92 Å². The van der Waals surface area contributed by atoms with Crippen LogP contribution in [0.4, 0.5) is 5.82 Å². The summed E-state index contributed by atoms with van der Waals surface area (Å²) in [6.45, 7) is 13.4. The quantitative estimate of drug-likeness (QED) is 0.212. The summed E-state index contributed by atoms with van der Waals surface area (Å²) in [7, 11) is -6.10. The van der Waals surface area contributed by atoms with E-state index in [9.17, 15) is 21.9 Å². The van der Waals surface area contributed by atoms with Crippen LogP contribution < -0.4 is 25.4 Å². The monoisotopic (exact) mass is 699 g/mol. The Balaban J connectivity index is 0.000000241. The number of aromatic nitrogens is 2. The number of β-amino-alcohol motifs (C(OH)–C–C–N with tert-alkyl or cyclic N) is 1. The second-order valence-electron chi connectivity index (χ2n) is 11.3. The molecule has 252 valence electrons. The van der Waals surface area contributed by atoms with Gasteiger partial charge in [0.05, 0.1) is 24.9 Å². The normalized spacial score (nSPS) is 19.6. The van der Waals surface area contributed by atoms with E-state index in [2.05, 4.69) is 45.1 Å². The van der Waals surface area contributed by atoms with Gasteiger partial charge in [0.2, 0.25) is 15.8 Å². The molecule has 2 aliphatic heterocycles. The highest BCUT2D eigenvalue weighted by atomic mass is 32.3. The Morgan fingerprint density at radius 3 is 2.59 bits per heavy atom. The Kier molecular flexibility index (Phi) is 13.7. The molecule has 0 saturated carbocycles. The number of likely N-dealkylation sites (N-methyl/N-ethyl adjacent to an activating group) is 1. The lowest BCUT2D eigenvalue weighted by Crippen LogP contribution is -2.43. The van der Waals surface area contributed by atoms with E-state index in [0.29, 0.717) is 68.7 Å². The lowest BCUT2D eigenvalue weighted by Gasteiger charge is -2.32. The van der Waals surface area contributed by atoms with Gasteiger partial charge in [0, 0.05) is 63.6 Å². The zero-order valence-corrected chi connectivity index (χ0v) is 29.1.